The van der Waals surface area contributed by atoms with Gasteiger partial charge in [0.15, 0.2) is 17.3 Å². The minimum absolute atomic E-state index is 0.0152. The van der Waals surface area contributed by atoms with E-state index in [1.165, 1.54) is 13.1 Å². The first-order valence-corrected chi connectivity index (χ1v) is 8.62. The molecule has 3 aromatic rings. The van der Waals surface area contributed by atoms with Crippen molar-refractivity contribution in [2.75, 3.05) is 17.4 Å². The minimum Gasteiger partial charge on any atom is -0.454 e. The second-order valence-electron chi connectivity index (χ2n) is 6.25. The van der Waals surface area contributed by atoms with Crippen molar-refractivity contribution in [1.29, 1.82) is 0 Å². The molecular formula is C21H17N3O4. The number of rotatable bonds is 5. The Morgan fingerprint density at radius 1 is 0.893 bits per heavy atom. The normalized spacial score (nSPS) is 11.8. The van der Waals surface area contributed by atoms with Crippen LogP contribution in [0.25, 0.3) is 0 Å². The van der Waals surface area contributed by atoms with E-state index in [1.807, 2.05) is 6.07 Å². The molecule has 28 heavy (non-hydrogen) atoms. The lowest BCUT2D eigenvalue weighted by Crippen LogP contribution is -2.12. The zero-order valence-electron chi connectivity index (χ0n) is 15.1. The molecule has 1 aromatic heterocycles. The van der Waals surface area contributed by atoms with Gasteiger partial charge in [0, 0.05) is 29.2 Å². The van der Waals surface area contributed by atoms with Crippen LogP contribution in [-0.2, 0) is 0 Å². The number of ketones is 1. The van der Waals surface area contributed by atoms with E-state index in [4.69, 9.17) is 9.47 Å². The van der Waals surface area contributed by atoms with Gasteiger partial charge in [-0.1, -0.05) is 12.1 Å². The number of ether oxygens (including phenoxy) is 2. The summed E-state index contributed by atoms with van der Waals surface area (Å²) in [7, 11) is 0. The number of carbonyl (C=O) groups is 2. The molecule has 2 N–H and O–H groups in total. The van der Waals surface area contributed by atoms with E-state index in [0.717, 1.165) is 5.69 Å². The topological polar surface area (TPSA) is 89.6 Å². The van der Waals surface area contributed by atoms with Crippen LogP contribution in [0, 0.1) is 0 Å². The molecule has 4 rings (SSSR count). The summed E-state index contributed by atoms with van der Waals surface area (Å²) in [4.78, 5) is 28.2. The van der Waals surface area contributed by atoms with Crippen LogP contribution in [0.2, 0.25) is 0 Å². The summed E-state index contributed by atoms with van der Waals surface area (Å²) in [6.07, 6.45) is 3.09. The Labute approximate surface area is 161 Å². The summed E-state index contributed by atoms with van der Waals surface area (Å²) in [6.45, 7) is 1.69. The Hall–Kier alpha value is -3.87. The van der Waals surface area contributed by atoms with Crippen molar-refractivity contribution in [1.82, 2.24) is 4.98 Å². The van der Waals surface area contributed by atoms with Gasteiger partial charge in [0.1, 0.15) is 0 Å². The molecule has 1 aliphatic rings. The number of hydrogen-bond acceptors (Lipinski definition) is 6. The van der Waals surface area contributed by atoms with Crippen LogP contribution in [0.4, 0.5) is 17.1 Å². The van der Waals surface area contributed by atoms with Crippen molar-refractivity contribution in [2.45, 2.75) is 6.92 Å². The summed E-state index contributed by atoms with van der Waals surface area (Å²) in [5.41, 5.74) is 2.98. The predicted molar refractivity (Wildman–Crippen MR) is 104 cm³/mol. The lowest BCUT2D eigenvalue weighted by Gasteiger charge is -2.10. The average molecular weight is 375 g/mol. The summed E-state index contributed by atoms with van der Waals surface area (Å²) in [5.74, 6) is 0.932. The molecular weight excluding hydrogens is 358 g/mol. The zero-order chi connectivity index (χ0) is 19.5. The number of nitrogens with zero attached hydrogens (tertiary/aromatic N) is 1. The summed E-state index contributed by atoms with van der Waals surface area (Å²) in [6, 6.07) is 14.0. The molecule has 7 heteroatoms. The molecule has 1 amide bonds. The number of benzene rings is 2. The number of carbonyl (C=O) groups excluding carboxylic acids is 2. The first-order chi connectivity index (χ1) is 13.6. The van der Waals surface area contributed by atoms with Gasteiger partial charge in [0.25, 0.3) is 5.91 Å². The number of nitrogens with one attached hydrogen (secondary N) is 2. The molecule has 0 fully saturated rings. The third-order valence-electron chi connectivity index (χ3n) is 4.19. The van der Waals surface area contributed by atoms with E-state index in [-0.39, 0.29) is 18.5 Å². The van der Waals surface area contributed by atoms with E-state index in [0.29, 0.717) is 34.0 Å². The molecule has 0 spiro atoms. The Bertz CT molecular complexity index is 1070. The molecule has 0 bridgehead atoms. The van der Waals surface area contributed by atoms with Crippen molar-refractivity contribution < 1.29 is 19.1 Å². The molecule has 2 heterocycles. The number of pyridine rings is 1. The minimum atomic E-state index is -0.299. The van der Waals surface area contributed by atoms with E-state index >= 15 is 0 Å². The molecule has 2 aromatic carbocycles. The number of Topliss-reactive ketones (excluding diaryl/α,β-unsaturated/α-hetero) is 1. The van der Waals surface area contributed by atoms with Crippen molar-refractivity contribution in [3.63, 3.8) is 0 Å². The largest absolute Gasteiger partial charge is 0.454 e. The van der Waals surface area contributed by atoms with Crippen molar-refractivity contribution in [2.24, 2.45) is 0 Å². The fraction of sp³-hybridized carbons (Fsp3) is 0.0952. The molecule has 0 saturated heterocycles. The van der Waals surface area contributed by atoms with Crippen LogP contribution in [0.5, 0.6) is 11.5 Å². The molecule has 0 radical (unpaired) electrons. The van der Waals surface area contributed by atoms with Gasteiger partial charge in [0.2, 0.25) is 6.79 Å². The highest BCUT2D eigenvalue weighted by molar-refractivity contribution is 6.04. The van der Waals surface area contributed by atoms with Crippen molar-refractivity contribution in [3.05, 3.63) is 72.1 Å². The van der Waals surface area contributed by atoms with E-state index in [9.17, 15) is 9.59 Å². The van der Waals surface area contributed by atoms with Gasteiger partial charge in [-0.25, -0.2) is 0 Å². The van der Waals surface area contributed by atoms with Crippen LogP contribution < -0.4 is 20.1 Å². The lowest BCUT2D eigenvalue weighted by atomic mass is 10.1. The van der Waals surface area contributed by atoms with Gasteiger partial charge in [0.05, 0.1) is 17.4 Å². The maximum Gasteiger partial charge on any atom is 0.257 e. The maximum absolute atomic E-state index is 12.6. The van der Waals surface area contributed by atoms with E-state index in [2.05, 4.69) is 15.6 Å². The third kappa shape index (κ3) is 3.78. The monoisotopic (exact) mass is 375 g/mol. The van der Waals surface area contributed by atoms with Crippen LogP contribution in [0.15, 0.2) is 60.9 Å². The SMILES string of the molecule is CC(=O)c1cccc(Nc2cncc(C(=O)Nc3ccc4c(c3)OCO4)c2)c1. The van der Waals surface area contributed by atoms with Crippen molar-refractivity contribution in [3.8, 4) is 11.5 Å². The summed E-state index contributed by atoms with van der Waals surface area (Å²) < 4.78 is 10.6. The molecule has 0 saturated carbocycles. The lowest BCUT2D eigenvalue weighted by molar-refractivity contribution is 0.101. The second-order valence-corrected chi connectivity index (χ2v) is 6.25. The predicted octanol–water partition coefficient (Wildman–Crippen LogP) is 4.01. The Balaban J connectivity index is 1.49. The van der Waals surface area contributed by atoms with Gasteiger partial charge in [-0.15, -0.1) is 0 Å². The fourth-order valence-electron chi connectivity index (χ4n) is 2.79. The number of amides is 1. The Kier molecular flexibility index (Phi) is 4.63. The highest BCUT2D eigenvalue weighted by atomic mass is 16.7. The van der Waals surface area contributed by atoms with E-state index in [1.54, 1.807) is 48.7 Å². The maximum atomic E-state index is 12.6. The van der Waals surface area contributed by atoms with Gasteiger partial charge in [-0.3, -0.25) is 14.6 Å². The number of anilines is 3. The molecule has 0 aliphatic carbocycles. The highest BCUT2D eigenvalue weighted by Crippen LogP contribution is 2.34. The first-order valence-electron chi connectivity index (χ1n) is 8.62. The smallest absolute Gasteiger partial charge is 0.257 e. The van der Waals surface area contributed by atoms with Crippen molar-refractivity contribution >= 4 is 28.8 Å². The zero-order valence-corrected chi connectivity index (χ0v) is 15.1. The van der Waals surface area contributed by atoms with Gasteiger partial charge in [-0.2, -0.15) is 0 Å². The van der Waals surface area contributed by atoms with Gasteiger partial charge in [-0.05, 0) is 37.3 Å². The standard InChI is InChI=1S/C21H17N3O4/c1-13(25)14-3-2-4-16(7-14)23-18-8-15(10-22-11-18)21(26)24-17-5-6-19-20(9-17)28-12-27-19/h2-11,23H,12H2,1H3,(H,24,26). The fourth-order valence-corrected chi connectivity index (χ4v) is 2.79. The molecule has 0 unspecified atom stereocenters. The highest BCUT2D eigenvalue weighted by Gasteiger charge is 2.15. The first kappa shape index (κ1) is 17.5. The van der Waals surface area contributed by atoms with E-state index < -0.39 is 0 Å². The van der Waals surface area contributed by atoms with Crippen LogP contribution >= 0.6 is 0 Å². The number of hydrogen-bond donors (Lipinski definition) is 2. The molecule has 140 valence electrons. The summed E-state index contributed by atoms with van der Waals surface area (Å²) in [5, 5.41) is 5.98. The quantitative estimate of drug-likeness (QED) is 0.655. The number of fused-ring (bicyclic) bond motifs is 1. The number of aromatic nitrogens is 1. The van der Waals surface area contributed by atoms with Gasteiger partial charge < -0.3 is 20.1 Å². The Morgan fingerprint density at radius 3 is 2.57 bits per heavy atom. The van der Waals surface area contributed by atoms with Gasteiger partial charge >= 0.3 is 0 Å². The van der Waals surface area contributed by atoms with Crippen LogP contribution in [0.1, 0.15) is 27.6 Å². The average Bonchev–Trinajstić information content (AvgIpc) is 3.16. The molecule has 1 aliphatic heterocycles. The second kappa shape index (κ2) is 7.40. The Morgan fingerprint density at radius 2 is 1.71 bits per heavy atom. The molecule has 0 atom stereocenters. The van der Waals surface area contributed by atoms with Crippen LogP contribution in [0.3, 0.4) is 0 Å². The third-order valence-corrected chi connectivity index (χ3v) is 4.19. The molecule has 7 nitrogen and oxygen atoms in total. The van der Waals surface area contributed by atoms with Crippen LogP contribution in [-0.4, -0.2) is 23.5 Å². The summed E-state index contributed by atoms with van der Waals surface area (Å²) >= 11 is 0.